The largest absolute Gasteiger partial charge is 0.454 e. The minimum atomic E-state index is -0.830. The van der Waals surface area contributed by atoms with Crippen molar-refractivity contribution >= 4 is 39.3 Å². The summed E-state index contributed by atoms with van der Waals surface area (Å²) in [5.41, 5.74) is 1.30. The number of halogens is 1. The number of fused-ring (bicyclic) bond motifs is 1. The van der Waals surface area contributed by atoms with Gasteiger partial charge >= 0.3 is 0 Å². The van der Waals surface area contributed by atoms with Crippen LogP contribution in [0.3, 0.4) is 0 Å². The lowest BCUT2D eigenvalue weighted by Gasteiger charge is -2.27. The Morgan fingerprint density at radius 3 is 2.59 bits per heavy atom. The number of amides is 3. The summed E-state index contributed by atoms with van der Waals surface area (Å²) in [6, 6.07) is 11.5. The van der Waals surface area contributed by atoms with Gasteiger partial charge in [-0.1, -0.05) is 28.9 Å². The number of hydrogen-bond acceptors (Lipinski definition) is 5. The molecule has 8 heteroatoms. The molecule has 2 aliphatic rings. The molecule has 150 valence electrons. The average Bonchev–Trinajstić information content (AvgIpc) is 3.30. The number of carbonyl (C=O) groups excluding carboxylic acids is 3. The number of nitrogens with zero attached hydrogens (tertiary/aromatic N) is 2. The quantitative estimate of drug-likeness (QED) is 0.642. The maximum Gasteiger partial charge on any atom is 0.257 e. The standard InChI is InChI=1S/C21H19BrN2O5/c1-2-19(25)23(11-13-3-8-17-18(9-13)29-12-28-17)16-10-20(26)24(21(16)27)15-6-4-14(22)5-7-15/h3-9,16H,2,10-12H2,1H3. The van der Waals surface area contributed by atoms with E-state index in [1.165, 1.54) is 4.90 Å². The predicted octanol–water partition coefficient (Wildman–Crippen LogP) is 3.25. The van der Waals surface area contributed by atoms with E-state index in [0.29, 0.717) is 17.2 Å². The van der Waals surface area contributed by atoms with Gasteiger partial charge in [0.05, 0.1) is 12.1 Å². The van der Waals surface area contributed by atoms with E-state index >= 15 is 0 Å². The Morgan fingerprint density at radius 1 is 1.14 bits per heavy atom. The lowest BCUT2D eigenvalue weighted by atomic mass is 10.1. The van der Waals surface area contributed by atoms with Crippen LogP contribution in [0.1, 0.15) is 25.3 Å². The highest BCUT2D eigenvalue weighted by Crippen LogP contribution is 2.34. The van der Waals surface area contributed by atoms with Crippen LogP contribution in [0.25, 0.3) is 0 Å². The molecule has 29 heavy (non-hydrogen) atoms. The molecule has 7 nitrogen and oxygen atoms in total. The smallest absolute Gasteiger partial charge is 0.257 e. The first-order valence-electron chi connectivity index (χ1n) is 9.28. The van der Waals surface area contributed by atoms with Gasteiger partial charge in [0.15, 0.2) is 11.5 Å². The summed E-state index contributed by atoms with van der Waals surface area (Å²) in [6.45, 7) is 2.11. The number of rotatable bonds is 5. The van der Waals surface area contributed by atoms with Gasteiger partial charge in [0.2, 0.25) is 18.6 Å². The Balaban J connectivity index is 1.60. The van der Waals surface area contributed by atoms with Crippen LogP contribution in [-0.2, 0) is 20.9 Å². The minimum absolute atomic E-state index is 0.0365. The average molecular weight is 459 g/mol. The van der Waals surface area contributed by atoms with E-state index in [1.807, 2.05) is 6.07 Å². The van der Waals surface area contributed by atoms with E-state index in [1.54, 1.807) is 43.3 Å². The minimum Gasteiger partial charge on any atom is -0.454 e. The molecule has 3 amide bonds. The zero-order chi connectivity index (χ0) is 20.5. The molecule has 0 aliphatic carbocycles. The molecule has 1 saturated heterocycles. The Kier molecular flexibility index (Phi) is 5.27. The number of hydrogen-bond donors (Lipinski definition) is 0. The Morgan fingerprint density at radius 2 is 1.86 bits per heavy atom. The van der Waals surface area contributed by atoms with Gasteiger partial charge in [-0.3, -0.25) is 14.4 Å². The number of benzene rings is 2. The normalized spacial score (nSPS) is 17.7. The van der Waals surface area contributed by atoms with Crippen LogP contribution in [0.2, 0.25) is 0 Å². The molecule has 1 atom stereocenters. The third-order valence-electron chi connectivity index (χ3n) is 5.00. The van der Waals surface area contributed by atoms with Crippen molar-refractivity contribution in [1.82, 2.24) is 4.90 Å². The van der Waals surface area contributed by atoms with Crippen molar-refractivity contribution in [2.75, 3.05) is 11.7 Å². The first-order chi connectivity index (χ1) is 14.0. The Hall–Kier alpha value is -2.87. The molecule has 0 spiro atoms. The molecule has 4 rings (SSSR count). The van der Waals surface area contributed by atoms with Gasteiger partial charge in [0.1, 0.15) is 6.04 Å². The molecule has 0 N–H and O–H groups in total. The van der Waals surface area contributed by atoms with Crippen LogP contribution < -0.4 is 14.4 Å². The highest BCUT2D eigenvalue weighted by molar-refractivity contribution is 9.10. The van der Waals surface area contributed by atoms with E-state index in [0.717, 1.165) is 14.9 Å². The van der Waals surface area contributed by atoms with E-state index in [-0.39, 0.29) is 43.9 Å². The fraction of sp³-hybridized carbons (Fsp3) is 0.286. The highest BCUT2D eigenvalue weighted by atomic mass is 79.9. The third kappa shape index (κ3) is 3.72. The molecule has 2 aromatic carbocycles. The molecular formula is C21H19BrN2O5. The fourth-order valence-corrected chi connectivity index (χ4v) is 3.80. The van der Waals surface area contributed by atoms with Crippen LogP contribution in [-0.4, -0.2) is 35.5 Å². The van der Waals surface area contributed by atoms with Crippen LogP contribution in [0.5, 0.6) is 11.5 Å². The summed E-state index contributed by atoms with van der Waals surface area (Å²) >= 11 is 3.35. The number of anilines is 1. The maximum absolute atomic E-state index is 13.1. The molecule has 1 unspecified atom stereocenters. The summed E-state index contributed by atoms with van der Waals surface area (Å²) in [7, 11) is 0. The lowest BCUT2D eigenvalue weighted by molar-refractivity contribution is -0.138. The van der Waals surface area contributed by atoms with Crippen molar-refractivity contribution in [2.24, 2.45) is 0 Å². The second-order valence-electron chi connectivity index (χ2n) is 6.83. The van der Waals surface area contributed by atoms with Crippen molar-refractivity contribution in [1.29, 1.82) is 0 Å². The molecule has 0 saturated carbocycles. The van der Waals surface area contributed by atoms with Gasteiger partial charge in [0.25, 0.3) is 5.91 Å². The topological polar surface area (TPSA) is 76.2 Å². The second-order valence-corrected chi connectivity index (χ2v) is 7.74. The molecule has 0 aromatic heterocycles. The third-order valence-corrected chi connectivity index (χ3v) is 5.53. The van der Waals surface area contributed by atoms with Gasteiger partial charge < -0.3 is 14.4 Å². The van der Waals surface area contributed by atoms with Crippen molar-refractivity contribution in [3.8, 4) is 11.5 Å². The van der Waals surface area contributed by atoms with Crippen LogP contribution in [0.4, 0.5) is 5.69 Å². The monoisotopic (exact) mass is 458 g/mol. The van der Waals surface area contributed by atoms with Crippen LogP contribution in [0.15, 0.2) is 46.9 Å². The maximum atomic E-state index is 13.1. The predicted molar refractivity (Wildman–Crippen MR) is 108 cm³/mol. The molecule has 2 aromatic rings. The Labute approximate surface area is 176 Å². The zero-order valence-electron chi connectivity index (χ0n) is 15.8. The van der Waals surface area contributed by atoms with Gasteiger partial charge in [-0.25, -0.2) is 4.90 Å². The number of ether oxygens (including phenoxy) is 2. The summed E-state index contributed by atoms with van der Waals surface area (Å²) in [4.78, 5) is 41.0. The van der Waals surface area contributed by atoms with Crippen LogP contribution >= 0.6 is 15.9 Å². The fourth-order valence-electron chi connectivity index (χ4n) is 3.53. The number of carbonyl (C=O) groups is 3. The van der Waals surface area contributed by atoms with Crippen molar-refractivity contribution in [2.45, 2.75) is 32.4 Å². The summed E-state index contributed by atoms with van der Waals surface area (Å²) in [6.07, 6.45) is 0.200. The van der Waals surface area contributed by atoms with Crippen molar-refractivity contribution in [3.05, 3.63) is 52.5 Å². The van der Waals surface area contributed by atoms with E-state index in [2.05, 4.69) is 15.9 Å². The molecule has 2 heterocycles. The highest BCUT2D eigenvalue weighted by Gasteiger charge is 2.44. The SMILES string of the molecule is CCC(=O)N(Cc1ccc2c(c1)OCO2)C1CC(=O)N(c2ccc(Br)cc2)C1=O. The molecular weight excluding hydrogens is 440 g/mol. The summed E-state index contributed by atoms with van der Waals surface area (Å²) < 4.78 is 11.6. The van der Waals surface area contributed by atoms with Gasteiger partial charge in [-0.2, -0.15) is 0 Å². The van der Waals surface area contributed by atoms with Crippen molar-refractivity contribution < 1.29 is 23.9 Å². The van der Waals surface area contributed by atoms with E-state index in [9.17, 15) is 14.4 Å². The summed E-state index contributed by atoms with van der Waals surface area (Å²) in [5, 5.41) is 0. The molecule has 1 fully saturated rings. The molecule has 0 bridgehead atoms. The second kappa shape index (κ2) is 7.87. The first kappa shape index (κ1) is 19.4. The van der Waals surface area contributed by atoms with Gasteiger partial charge in [-0.15, -0.1) is 0 Å². The molecule has 2 aliphatic heterocycles. The van der Waals surface area contributed by atoms with Crippen LogP contribution in [0, 0.1) is 0 Å². The van der Waals surface area contributed by atoms with Gasteiger partial charge in [0, 0.05) is 17.4 Å². The van der Waals surface area contributed by atoms with E-state index < -0.39 is 6.04 Å². The van der Waals surface area contributed by atoms with E-state index in [4.69, 9.17) is 9.47 Å². The summed E-state index contributed by atoms with van der Waals surface area (Å²) in [5.74, 6) is 0.362. The van der Waals surface area contributed by atoms with Gasteiger partial charge in [-0.05, 0) is 42.0 Å². The number of imide groups is 1. The molecule has 0 radical (unpaired) electrons. The Bertz CT molecular complexity index is 976. The first-order valence-corrected chi connectivity index (χ1v) is 10.1. The lowest BCUT2D eigenvalue weighted by Crippen LogP contribution is -2.44. The van der Waals surface area contributed by atoms with Crippen molar-refractivity contribution in [3.63, 3.8) is 0 Å². The zero-order valence-corrected chi connectivity index (χ0v) is 17.3.